The van der Waals surface area contributed by atoms with Crippen molar-refractivity contribution in [1.82, 2.24) is 0 Å². The van der Waals surface area contributed by atoms with Crippen molar-refractivity contribution in [2.75, 3.05) is 19.1 Å². The minimum Gasteiger partial charge on any atom is -0.468 e. The van der Waals surface area contributed by atoms with Gasteiger partial charge in [0.25, 0.3) is 0 Å². The number of nitriles is 1. The number of thioether (sulfide) groups is 2. The summed E-state index contributed by atoms with van der Waals surface area (Å²) in [6.07, 6.45) is 1.92. The topological polar surface area (TPSA) is 50.1 Å². The van der Waals surface area contributed by atoms with Gasteiger partial charge in [-0.2, -0.15) is 5.26 Å². The van der Waals surface area contributed by atoms with Crippen molar-refractivity contribution in [1.29, 1.82) is 5.26 Å². The molecule has 0 bridgehead atoms. The fourth-order valence-electron chi connectivity index (χ4n) is 1.11. The molecule has 0 N–H and O–H groups in total. The molecule has 0 atom stereocenters. The van der Waals surface area contributed by atoms with E-state index in [1.165, 1.54) is 30.6 Å². The van der Waals surface area contributed by atoms with Gasteiger partial charge in [-0.15, -0.1) is 23.5 Å². The molecule has 0 radical (unpaired) electrons. The molecule has 1 aromatic rings. The maximum atomic E-state index is 11.0. The molecule has 0 aromatic heterocycles. The van der Waals surface area contributed by atoms with Crippen LogP contribution in [0.1, 0.15) is 5.56 Å². The maximum Gasteiger partial charge on any atom is 0.315 e. The molecule has 3 nitrogen and oxygen atoms in total. The van der Waals surface area contributed by atoms with Crippen LogP contribution in [-0.4, -0.2) is 25.1 Å². The van der Waals surface area contributed by atoms with E-state index in [9.17, 15) is 4.79 Å². The monoisotopic (exact) mass is 253 g/mol. The number of rotatable bonds is 4. The van der Waals surface area contributed by atoms with Crippen LogP contribution in [0, 0.1) is 11.3 Å². The van der Waals surface area contributed by atoms with E-state index >= 15 is 0 Å². The second kappa shape index (κ2) is 6.46. The molecule has 0 aliphatic heterocycles. The lowest BCUT2D eigenvalue weighted by Crippen LogP contribution is -2.03. The van der Waals surface area contributed by atoms with E-state index in [2.05, 4.69) is 10.8 Å². The summed E-state index contributed by atoms with van der Waals surface area (Å²) in [6, 6.07) is 7.78. The van der Waals surface area contributed by atoms with Gasteiger partial charge in [0.05, 0.1) is 18.4 Å². The van der Waals surface area contributed by atoms with Crippen LogP contribution in [0.3, 0.4) is 0 Å². The second-order valence-corrected chi connectivity index (χ2v) is 4.68. The molecule has 0 heterocycles. The Morgan fingerprint density at radius 1 is 1.50 bits per heavy atom. The van der Waals surface area contributed by atoms with Crippen molar-refractivity contribution in [3.63, 3.8) is 0 Å². The van der Waals surface area contributed by atoms with Gasteiger partial charge in [0.2, 0.25) is 0 Å². The van der Waals surface area contributed by atoms with Crippen LogP contribution in [0.25, 0.3) is 0 Å². The molecule has 0 spiro atoms. The highest BCUT2D eigenvalue weighted by Crippen LogP contribution is 2.29. The number of nitrogens with zero attached hydrogens (tertiary/aromatic N) is 1. The van der Waals surface area contributed by atoms with E-state index < -0.39 is 0 Å². The minimum atomic E-state index is -0.288. The van der Waals surface area contributed by atoms with Crippen molar-refractivity contribution in [3.8, 4) is 6.07 Å². The van der Waals surface area contributed by atoms with E-state index in [1.807, 2.05) is 24.5 Å². The van der Waals surface area contributed by atoms with E-state index in [1.54, 1.807) is 0 Å². The second-order valence-electron chi connectivity index (χ2n) is 2.81. The first-order chi connectivity index (χ1) is 7.72. The van der Waals surface area contributed by atoms with Gasteiger partial charge in [-0.25, -0.2) is 0 Å². The van der Waals surface area contributed by atoms with Gasteiger partial charge < -0.3 is 4.74 Å². The lowest BCUT2D eigenvalue weighted by atomic mass is 10.2. The van der Waals surface area contributed by atoms with E-state index in [-0.39, 0.29) is 11.7 Å². The van der Waals surface area contributed by atoms with Gasteiger partial charge >= 0.3 is 5.97 Å². The van der Waals surface area contributed by atoms with Gasteiger partial charge in [-0.1, -0.05) is 6.07 Å². The van der Waals surface area contributed by atoms with E-state index in [0.717, 1.165) is 9.79 Å². The molecule has 0 saturated heterocycles. The molecule has 0 saturated carbocycles. The quantitative estimate of drug-likeness (QED) is 0.609. The maximum absolute atomic E-state index is 11.0. The van der Waals surface area contributed by atoms with Gasteiger partial charge in [-0.3, -0.25) is 4.79 Å². The van der Waals surface area contributed by atoms with Crippen LogP contribution < -0.4 is 0 Å². The molecule has 1 rings (SSSR count). The lowest BCUT2D eigenvalue weighted by molar-refractivity contribution is -0.137. The molecule has 5 heteroatoms. The Bertz CT molecular complexity index is 426. The molecule has 0 fully saturated rings. The highest BCUT2D eigenvalue weighted by atomic mass is 32.2. The normalized spacial score (nSPS) is 9.56. The van der Waals surface area contributed by atoms with Crippen LogP contribution in [-0.2, 0) is 9.53 Å². The van der Waals surface area contributed by atoms with Gasteiger partial charge in [-0.05, 0) is 18.4 Å². The Kier molecular flexibility index (Phi) is 5.23. The van der Waals surface area contributed by atoms with Crippen molar-refractivity contribution < 1.29 is 9.53 Å². The van der Waals surface area contributed by atoms with Crippen molar-refractivity contribution in [3.05, 3.63) is 23.8 Å². The number of benzene rings is 1. The molecule has 1 aromatic carbocycles. The molecule has 0 unspecified atom stereocenters. The Morgan fingerprint density at radius 3 is 2.75 bits per heavy atom. The predicted octanol–water partition coefficient (Wildman–Crippen LogP) is 2.55. The highest BCUT2D eigenvalue weighted by molar-refractivity contribution is 8.00. The molecule has 0 amide bonds. The lowest BCUT2D eigenvalue weighted by Gasteiger charge is -2.06. The Balaban J connectivity index is 2.88. The first kappa shape index (κ1) is 12.9. The standard InChI is InChI=1S/C11H11NO2S2/c1-14-11(13)7-16-10-5-3-4-9(15-2)8(10)6-12/h3-5H,7H2,1-2H3. The third-order valence-electron chi connectivity index (χ3n) is 1.89. The van der Waals surface area contributed by atoms with Crippen LogP contribution in [0.4, 0.5) is 0 Å². The van der Waals surface area contributed by atoms with E-state index in [4.69, 9.17) is 5.26 Å². The summed E-state index contributed by atoms with van der Waals surface area (Å²) in [5.41, 5.74) is 0.629. The van der Waals surface area contributed by atoms with Gasteiger partial charge in [0.15, 0.2) is 0 Å². The predicted molar refractivity (Wildman–Crippen MR) is 65.7 cm³/mol. The number of hydrogen-bond donors (Lipinski definition) is 0. The smallest absolute Gasteiger partial charge is 0.315 e. The number of ether oxygens (including phenoxy) is 1. The zero-order valence-electron chi connectivity index (χ0n) is 9.02. The first-order valence-electron chi connectivity index (χ1n) is 4.49. The number of esters is 1. The van der Waals surface area contributed by atoms with Gasteiger partial charge in [0.1, 0.15) is 6.07 Å². The summed E-state index contributed by atoms with van der Waals surface area (Å²) in [5.74, 6) is -0.0633. The molecular weight excluding hydrogens is 242 g/mol. The summed E-state index contributed by atoms with van der Waals surface area (Å²) in [5, 5.41) is 9.06. The number of carbonyl (C=O) groups excluding carboxylic acids is 1. The summed E-state index contributed by atoms with van der Waals surface area (Å²) >= 11 is 2.85. The molecular formula is C11H11NO2S2. The van der Waals surface area contributed by atoms with Crippen molar-refractivity contribution >= 4 is 29.5 Å². The van der Waals surface area contributed by atoms with Crippen LogP contribution in [0.15, 0.2) is 28.0 Å². The van der Waals surface area contributed by atoms with E-state index in [0.29, 0.717) is 5.56 Å². The average molecular weight is 253 g/mol. The average Bonchev–Trinajstić information content (AvgIpc) is 2.34. The Labute approximate surface area is 103 Å². The summed E-state index contributed by atoms with van der Waals surface area (Å²) < 4.78 is 4.55. The minimum absolute atomic E-state index is 0.225. The summed E-state index contributed by atoms with van der Waals surface area (Å²) in [6.45, 7) is 0. The SMILES string of the molecule is COC(=O)CSc1cccc(SC)c1C#N. The Morgan fingerprint density at radius 2 is 2.19 bits per heavy atom. The summed E-state index contributed by atoms with van der Waals surface area (Å²) in [4.78, 5) is 12.8. The van der Waals surface area contributed by atoms with Gasteiger partial charge in [0, 0.05) is 9.79 Å². The fraction of sp³-hybridized carbons (Fsp3) is 0.273. The third-order valence-corrected chi connectivity index (χ3v) is 3.70. The highest BCUT2D eigenvalue weighted by Gasteiger charge is 2.09. The van der Waals surface area contributed by atoms with Crippen LogP contribution >= 0.6 is 23.5 Å². The number of carbonyl (C=O) groups is 1. The Hall–Kier alpha value is -1.12. The zero-order chi connectivity index (χ0) is 12.0. The number of hydrogen-bond acceptors (Lipinski definition) is 5. The van der Waals surface area contributed by atoms with Crippen molar-refractivity contribution in [2.24, 2.45) is 0 Å². The summed E-state index contributed by atoms with van der Waals surface area (Å²) in [7, 11) is 1.35. The molecule has 0 aliphatic rings. The molecule has 16 heavy (non-hydrogen) atoms. The van der Waals surface area contributed by atoms with Crippen molar-refractivity contribution in [2.45, 2.75) is 9.79 Å². The first-order valence-corrected chi connectivity index (χ1v) is 6.70. The largest absolute Gasteiger partial charge is 0.468 e. The third kappa shape index (κ3) is 3.19. The van der Waals surface area contributed by atoms with Crippen LogP contribution in [0.5, 0.6) is 0 Å². The molecule has 0 aliphatic carbocycles. The molecule has 84 valence electrons. The van der Waals surface area contributed by atoms with Crippen LogP contribution in [0.2, 0.25) is 0 Å². The fourth-order valence-corrected chi connectivity index (χ4v) is 2.61. The zero-order valence-corrected chi connectivity index (χ0v) is 10.7. The number of methoxy groups -OCH3 is 1.